The molecule has 0 aromatic heterocycles. The number of rotatable bonds is 7. The summed E-state index contributed by atoms with van der Waals surface area (Å²) in [6.45, 7) is 12.9. The Bertz CT molecular complexity index is 390. The van der Waals surface area contributed by atoms with Crippen LogP contribution in [0.3, 0.4) is 0 Å². The van der Waals surface area contributed by atoms with E-state index in [-0.39, 0.29) is 0 Å². The van der Waals surface area contributed by atoms with E-state index in [9.17, 15) is 0 Å². The fourth-order valence-electron chi connectivity index (χ4n) is 2.35. The van der Waals surface area contributed by atoms with Crippen LogP contribution in [0.5, 0.6) is 0 Å². The third-order valence-corrected chi connectivity index (χ3v) is 3.68. The minimum absolute atomic E-state index is 0.343. The number of halogens is 1. The Kier molecular flexibility index (Phi) is 6.67. The van der Waals surface area contributed by atoms with Gasteiger partial charge in [0.1, 0.15) is 0 Å². The van der Waals surface area contributed by atoms with Crippen LogP contribution < -0.4 is 10.2 Å². The van der Waals surface area contributed by atoms with E-state index >= 15 is 0 Å². The van der Waals surface area contributed by atoms with Crippen LogP contribution in [0.1, 0.15) is 52.6 Å². The third-order valence-electron chi connectivity index (χ3n) is 3.38. The molecule has 108 valence electrons. The minimum Gasteiger partial charge on any atom is -0.368 e. The molecule has 0 aliphatic carbocycles. The van der Waals surface area contributed by atoms with E-state index in [1.54, 1.807) is 0 Å². The molecule has 2 nitrogen and oxygen atoms in total. The van der Waals surface area contributed by atoms with Gasteiger partial charge in [0.15, 0.2) is 0 Å². The summed E-state index contributed by atoms with van der Waals surface area (Å²) in [6.07, 6.45) is 1.13. The van der Waals surface area contributed by atoms with Crippen LogP contribution in [0.4, 0.5) is 5.69 Å². The lowest BCUT2D eigenvalue weighted by Gasteiger charge is -2.30. The first-order valence-corrected chi connectivity index (χ1v) is 7.68. The molecule has 0 aliphatic rings. The van der Waals surface area contributed by atoms with E-state index in [1.807, 2.05) is 0 Å². The van der Waals surface area contributed by atoms with Gasteiger partial charge in [-0.2, -0.15) is 0 Å². The molecule has 0 radical (unpaired) electrons. The maximum Gasteiger partial charge on any atom is 0.0642 e. The average molecular weight is 283 g/mol. The molecule has 0 saturated carbocycles. The second kappa shape index (κ2) is 7.76. The van der Waals surface area contributed by atoms with Crippen LogP contribution >= 0.6 is 11.6 Å². The van der Waals surface area contributed by atoms with Crippen molar-refractivity contribution in [2.75, 3.05) is 18.0 Å². The molecule has 1 aromatic rings. The Morgan fingerprint density at radius 1 is 1.21 bits per heavy atom. The highest BCUT2D eigenvalue weighted by Gasteiger charge is 2.14. The Hall–Kier alpha value is -0.730. The lowest BCUT2D eigenvalue weighted by molar-refractivity contribution is 0.598. The van der Waals surface area contributed by atoms with E-state index < -0.39 is 0 Å². The SMILES string of the molecule is CCCN(c1ccc(C(C)NCC)cc1Cl)C(C)C. The zero-order chi connectivity index (χ0) is 14.4. The van der Waals surface area contributed by atoms with Crippen LogP contribution in [-0.4, -0.2) is 19.1 Å². The third kappa shape index (κ3) is 4.39. The van der Waals surface area contributed by atoms with Gasteiger partial charge in [-0.3, -0.25) is 0 Å². The maximum atomic E-state index is 6.48. The van der Waals surface area contributed by atoms with Crippen molar-refractivity contribution in [3.05, 3.63) is 28.8 Å². The first kappa shape index (κ1) is 16.3. The number of nitrogens with zero attached hydrogens (tertiary/aromatic N) is 1. The molecule has 3 heteroatoms. The smallest absolute Gasteiger partial charge is 0.0642 e. The molecule has 1 rings (SSSR count). The zero-order valence-electron chi connectivity index (χ0n) is 12.8. The van der Waals surface area contributed by atoms with Crippen molar-refractivity contribution in [2.45, 2.75) is 53.1 Å². The van der Waals surface area contributed by atoms with Crippen LogP contribution in [-0.2, 0) is 0 Å². The maximum absolute atomic E-state index is 6.48. The molecule has 0 spiro atoms. The fourth-order valence-corrected chi connectivity index (χ4v) is 2.64. The Morgan fingerprint density at radius 2 is 1.89 bits per heavy atom. The molecule has 0 amide bonds. The van der Waals surface area contributed by atoms with Crippen molar-refractivity contribution < 1.29 is 0 Å². The molecule has 0 saturated heterocycles. The quantitative estimate of drug-likeness (QED) is 0.784. The summed E-state index contributed by atoms with van der Waals surface area (Å²) in [5, 5.41) is 4.26. The lowest BCUT2D eigenvalue weighted by atomic mass is 10.1. The summed E-state index contributed by atoms with van der Waals surface area (Å²) < 4.78 is 0. The summed E-state index contributed by atoms with van der Waals surface area (Å²) >= 11 is 6.48. The summed E-state index contributed by atoms with van der Waals surface area (Å²) in [7, 11) is 0. The van der Waals surface area contributed by atoms with Gasteiger partial charge >= 0.3 is 0 Å². The van der Waals surface area contributed by atoms with Crippen LogP contribution in [0.2, 0.25) is 5.02 Å². The number of hydrogen-bond donors (Lipinski definition) is 1. The van der Waals surface area contributed by atoms with Crippen LogP contribution in [0.25, 0.3) is 0 Å². The van der Waals surface area contributed by atoms with Gasteiger partial charge < -0.3 is 10.2 Å². The van der Waals surface area contributed by atoms with Crippen LogP contribution in [0.15, 0.2) is 18.2 Å². The van der Waals surface area contributed by atoms with Gasteiger partial charge in [-0.15, -0.1) is 0 Å². The Morgan fingerprint density at radius 3 is 2.37 bits per heavy atom. The highest BCUT2D eigenvalue weighted by atomic mass is 35.5. The van der Waals surface area contributed by atoms with Crippen molar-refractivity contribution >= 4 is 17.3 Å². The molecule has 0 heterocycles. The summed E-state index contributed by atoms with van der Waals surface area (Å²) in [6, 6.07) is 7.24. The molecule has 0 fully saturated rings. The topological polar surface area (TPSA) is 15.3 Å². The lowest BCUT2D eigenvalue weighted by Crippen LogP contribution is -2.31. The summed E-state index contributed by atoms with van der Waals surface area (Å²) in [5.74, 6) is 0. The standard InChI is InChI=1S/C16H27ClN2/c1-6-10-19(12(3)4)16-9-8-14(11-15(16)17)13(5)18-7-2/h8-9,11-13,18H,6-7,10H2,1-5H3. The van der Waals surface area contributed by atoms with Gasteiger partial charge in [0.2, 0.25) is 0 Å². The predicted molar refractivity (Wildman–Crippen MR) is 86.3 cm³/mol. The molecule has 0 bridgehead atoms. The van der Waals surface area contributed by atoms with Gasteiger partial charge in [0, 0.05) is 18.6 Å². The van der Waals surface area contributed by atoms with Gasteiger partial charge in [-0.1, -0.05) is 31.5 Å². The van der Waals surface area contributed by atoms with Crippen LogP contribution in [0, 0.1) is 0 Å². The highest BCUT2D eigenvalue weighted by Crippen LogP contribution is 2.30. The van der Waals surface area contributed by atoms with Gasteiger partial charge in [-0.25, -0.2) is 0 Å². The van der Waals surface area contributed by atoms with E-state index in [4.69, 9.17) is 11.6 Å². The highest BCUT2D eigenvalue weighted by molar-refractivity contribution is 6.33. The molecule has 1 atom stereocenters. The molecule has 1 N–H and O–H groups in total. The second-order valence-corrected chi connectivity index (χ2v) is 5.68. The van der Waals surface area contributed by atoms with Gasteiger partial charge in [0.25, 0.3) is 0 Å². The van der Waals surface area contributed by atoms with E-state index in [0.29, 0.717) is 12.1 Å². The van der Waals surface area contributed by atoms with Gasteiger partial charge in [-0.05, 0) is 51.4 Å². The predicted octanol–water partition coefficient (Wildman–Crippen LogP) is 4.64. The number of benzene rings is 1. The normalized spacial score (nSPS) is 12.8. The van der Waals surface area contributed by atoms with Crippen molar-refractivity contribution in [1.82, 2.24) is 5.32 Å². The van der Waals surface area contributed by atoms with Crippen molar-refractivity contribution in [3.8, 4) is 0 Å². The van der Waals surface area contributed by atoms with Crippen molar-refractivity contribution in [2.24, 2.45) is 0 Å². The van der Waals surface area contributed by atoms with E-state index in [1.165, 1.54) is 5.56 Å². The molecule has 0 aliphatic heterocycles. The molecule has 1 unspecified atom stereocenters. The molecular formula is C16H27ClN2. The second-order valence-electron chi connectivity index (χ2n) is 5.28. The monoisotopic (exact) mass is 282 g/mol. The zero-order valence-corrected chi connectivity index (χ0v) is 13.6. The number of anilines is 1. The minimum atomic E-state index is 0.343. The van der Waals surface area contributed by atoms with E-state index in [0.717, 1.165) is 30.2 Å². The van der Waals surface area contributed by atoms with Gasteiger partial charge in [0.05, 0.1) is 10.7 Å². The fraction of sp³-hybridized carbons (Fsp3) is 0.625. The summed E-state index contributed by atoms with van der Waals surface area (Å²) in [4.78, 5) is 2.37. The largest absolute Gasteiger partial charge is 0.368 e. The molecule has 19 heavy (non-hydrogen) atoms. The van der Waals surface area contributed by atoms with E-state index in [2.05, 4.69) is 63.0 Å². The first-order valence-electron chi connectivity index (χ1n) is 7.30. The Balaban J connectivity index is 2.98. The Labute approximate surface area is 123 Å². The number of nitrogens with one attached hydrogen (secondary N) is 1. The average Bonchev–Trinajstić information content (AvgIpc) is 2.36. The van der Waals surface area contributed by atoms with Crippen molar-refractivity contribution in [3.63, 3.8) is 0 Å². The first-order chi connectivity index (χ1) is 9.01. The number of hydrogen-bond acceptors (Lipinski definition) is 2. The van der Waals surface area contributed by atoms with Crippen molar-refractivity contribution in [1.29, 1.82) is 0 Å². The molecule has 1 aromatic carbocycles. The molecular weight excluding hydrogens is 256 g/mol. The summed E-state index contributed by atoms with van der Waals surface area (Å²) in [5.41, 5.74) is 2.39.